The number of rotatable bonds is 7. The van der Waals surface area contributed by atoms with Gasteiger partial charge in [0, 0.05) is 12.6 Å². The first-order valence-corrected chi connectivity index (χ1v) is 13.0. The molecule has 37 heavy (non-hydrogen) atoms. The van der Waals surface area contributed by atoms with Crippen molar-refractivity contribution >= 4 is 23.5 Å². The van der Waals surface area contributed by atoms with E-state index in [4.69, 9.17) is 11.0 Å². The number of allylic oxidation sites excluding steroid dienone is 4. The Bertz CT molecular complexity index is 1220. The molecule has 1 aliphatic heterocycles. The summed E-state index contributed by atoms with van der Waals surface area (Å²) >= 11 is 0. The fraction of sp³-hybridized carbons (Fsp3) is 0.387. The van der Waals surface area contributed by atoms with Gasteiger partial charge in [-0.1, -0.05) is 52.8 Å². The van der Waals surface area contributed by atoms with E-state index in [9.17, 15) is 9.18 Å². The lowest BCUT2D eigenvalue weighted by Crippen LogP contribution is -2.28. The number of carbonyl (C=O) groups is 1. The number of nitriles is 1. The van der Waals surface area contributed by atoms with E-state index in [2.05, 4.69) is 22.5 Å². The molecule has 0 saturated heterocycles. The maximum Gasteiger partial charge on any atom is 0.146 e. The molecule has 0 spiro atoms. The van der Waals surface area contributed by atoms with Crippen molar-refractivity contribution in [3.63, 3.8) is 0 Å². The lowest BCUT2D eigenvalue weighted by Gasteiger charge is -2.12. The highest BCUT2D eigenvalue weighted by Crippen LogP contribution is 2.29. The highest BCUT2D eigenvalue weighted by molar-refractivity contribution is 5.97. The Balaban J connectivity index is 0.00000112. The second kappa shape index (κ2) is 18.8. The molecule has 0 amide bonds. The van der Waals surface area contributed by atoms with Gasteiger partial charge in [-0.25, -0.2) is 4.39 Å². The zero-order valence-corrected chi connectivity index (χ0v) is 23.7. The van der Waals surface area contributed by atoms with Crippen LogP contribution >= 0.6 is 0 Å². The van der Waals surface area contributed by atoms with Crippen molar-refractivity contribution in [1.29, 1.82) is 5.26 Å². The van der Waals surface area contributed by atoms with Gasteiger partial charge in [-0.05, 0) is 90.7 Å². The topological polar surface area (TPSA) is 91.3 Å². The van der Waals surface area contributed by atoms with Gasteiger partial charge in [0.25, 0.3) is 0 Å². The van der Waals surface area contributed by atoms with Gasteiger partial charge >= 0.3 is 0 Å². The van der Waals surface area contributed by atoms with E-state index in [-0.39, 0.29) is 11.6 Å². The fourth-order valence-electron chi connectivity index (χ4n) is 3.40. The molecule has 0 fully saturated rings. The molecule has 3 N–H and O–H groups in total. The predicted octanol–water partition coefficient (Wildman–Crippen LogP) is 5.18. The van der Waals surface area contributed by atoms with E-state index in [0.29, 0.717) is 24.1 Å². The third-order valence-electron chi connectivity index (χ3n) is 5.25. The first-order valence-electron chi connectivity index (χ1n) is 13.0. The maximum atomic E-state index is 14.2. The van der Waals surface area contributed by atoms with E-state index >= 15 is 0 Å². The highest BCUT2D eigenvalue weighted by atomic mass is 19.1. The second-order valence-corrected chi connectivity index (χ2v) is 7.89. The molecule has 0 saturated carbocycles. The Kier molecular flexibility index (Phi) is 17.1. The monoisotopic (exact) mass is 506 g/mol. The van der Waals surface area contributed by atoms with Crippen LogP contribution in [-0.4, -0.2) is 32.5 Å². The third-order valence-corrected chi connectivity index (χ3v) is 5.25. The summed E-state index contributed by atoms with van der Waals surface area (Å²) in [7, 11) is 1.89. The van der Waals surface area contributed by atoms with E-state index < -0.39 is 5.82 Å². The fourth-order valence-corrected chi connectivity index (χ4v) is 3.40. The minimum Gasteiger partial charge on any atom is -0.327 e. The van der Waals surface area contributed by atoms with E-state index in [0.717, 1.165) is 40.1 Å². The molecule has 2 aromatic rings. The van der Waals surface area contributed by atoms with E-state index in [1.807, 2.05) is 73.7 Å². The van der Waals surface area contributed by atoms with Crippen LogP contribution in [0.4, 0.5) is 4.39 Å². The summed E-state index contributed by atoms with van der Waals surface area (Å²) in [6.45, 7) is 15.4. The normalized spacial score (nSPS) is 12.7. The summed E-state index contributed by atoms with van der Waals surface area (Å²) in [4.78, 5) is 15.8. The Morgan fingerprint density at radius 1 is 1.19 bits per heavy atom. The summed E-state index contributed by atoms with van der Waals surface area (Å²) in [5.41, 5.74) is 9.27. The van der Waals surface area contributed by atoms with Crippen molar-refractivity contribution in [1.82, 2.24) is 5.32 Å². The molecular weight excluding hydrogens is 463 g/mol. The zero-order chi connectivity index (χ0) is 28.4. The molecule has 200 valence electrons. The van der Waals surface area contributed by atoms with Gasteiger partial charge in [0.15, 0.2) is 0 Å². The number of carbonyl (C=O) groups excluding carboxylic acids is 1. The molecule has 5 nitrogen and oxygen atoms in total. The molecule has 1 heterocycles. The summed E-state index contributed by atoms with van der Waals surface area (Å²) in [5, 5.41) is 14.0. The van der Waals surface area contributed by atoms with Gasteiger partial charge in [0.2, 0.25) is 0 Å². The van der Waals surface area contributed by atoms with Gasteiger partial charge in [-0.15, -0.1) is 0 Å². The average Bonchev–Trinajstić information content (AvgIpc) is 3.40. The van der Waals surface area contributed by atoms with Crippen LogP contribution in [0, 0.1) is 17.1 Å². The zero-order valence-electron chi connectivity index (χ0n) is 23.7. The second-order valence-electron chi connectivity index (χ2n) is 7.89. The smallest absolute Gasteiger partial charge is 0.146 e. The Morgan fingerprint density at radius 2 is 1.84 bits per heavy atom. The Morgan fingerprint density at radius 3 is 2.32 bits per heavy atom. The van der Waals surface area contributed by atoms with Crippen LogP contribution in [0.15, 0.2) is 53.0 Å². The number of nitrogens with one attached hydrogen (secondary N) is 1. The van der Waals surface area contributed by atoms with Crippen LogP contribution in [0.3, 0.4) is 0 Å². The number of fused-ring (bicyclic) bond motifs is 1. The average molecular weight is 507 g/mol. The standard InChI is InChI=1S/C23H19FN2O.C4H12N2.2C2H6/c1-3-16(14-27)10-21(18-4-5-20(13-25)22(24)12-18)15(2)17-6-7-23-19(11-17)8-9-26-23;1-4(5)3-6-2;2*1-2/h4-8,10-12,14H,3,9H2,1-2H3;4,6H,3,5H2,1-2H3;2*1-2H3/b16-10+,21-15-;;;. The van der Waals surface area contributed by atoms with Crippen LogP contribution in [-0.2, 0) is 4.79 Å². The molecule has 1 atom stereocenters. The van der Waals surface area contributed by atoms with Crippen LogP contribution in [0.5, 0.6) is 0 Å². The van der Waals surface area contributed by atoms with E-state index in [1.54, 1.807) is 12.1 Å². The van der Waals surface area contributed by atoms with Crippen LogP contribution < -0.4 is 21.6 Å². The summed E-state index contributed by atoms with van der Waals surface area (Å²) in [5.74, 6) is -0.570. The molecule has 0 aliphatic carbocycles. The van der Waals surface area contributed by atoms with Gasteiger partial charge in [0.05, 0.1) is 17.5 Å². The summed E-state index contributed by atoms with van der Waals surface area (Å²) in [6, 6.07) is 12.7. The molecule has 6 heteroatoms. The van der Waals surface area contributed by atoms with Crippen molar-refractivity contribution in [2.24, 2.45) is 10.7 Å². The minimum atomic E-state index is -0.570. The van der Waals surface area contributed by atoms with E-state index in [1.165, 1.54) is 12.1 Å². The van der Waals surface area contributed by atoms with Crippen LogP contribution in [0.2, 0.25) is 0 Å². The number of hydrogen-bond donors (Lipinski definition) is 2. The molecule has 3 rings (SSSR count). The lowest BCUT2D eigenvalue weighted by molar-refractivity contribution is -0.105. The number of hydrogen-bond acceptors (Lipinski definition) is 5. The van der Waals surface area contributed by atoms with Crippen molar-refractivity contribution in [3.8, 4) is 6.07 Å². The molecule has 0 radical (unpaired) electrons. The molecule has 0 bridgehead atoms. The Hall–Kier alpha value is -3.40. The van der Waals surface area contributed by atoms with Crippen molar-refractivity contribution in [3.05, 3.63) is 81.1 Å². The van der Waals surface area contributed by atoms with Crippen molar-refractivity contribution in [2.45, 2.75) is 60.9 Å². The van der Waals surface area contributed by atoms with Crippen LogP contribution in [0.1, 0.15) is 71.6 Å². The van der Waals surface area contributed by atoms with Crippen molar-refractivity contribution < 1.29 is 9.18 Å². The number of aldehydes is 1. The van der Waals surface area contributed by atoms with Crippen molar-refractivity contribution in [2.75, 3.05) is 20.1 Å². The number of likely N-dealkylation sites (N-methyl/N-ethyl adjacent to an activating group) is 1. The number of halogens is 1. The maximum absolute atomic E-state index is 14.2. The van der Waals surface area contributed by atoms with Gasteiger partial charge in [0.1, 0.15) is 18.2 Å². The highest BCUT2D eigenvalue weighted by Gasteiger charge is 2.11. The first kappa shape index (κ1) is 33.6. The Labute approximate surface area is 222 Å². The number of nitrogens with zero attached hydrogens (tertiary/aromatic N) is 2. The summed E-state index contributed by atoms with van der Waals surface area (Å²) < 4.78 is 14.2. The third kappa shape index (κ3) is 10.6. The molecular formula is C31H43FN4O. The van der Waals surface area contributed by atoms with Gasteiger partial charge < -0.3 is 11.1 Å². The molecule has 1 aliphatic rings. The van der Waals surface area contributed by atoms with Gasteiger partial charge in [-0.2, -0.15) is 5.26 Å². The first-order chi connectivity index (χ1) is 17.8. The summed E-state index contributed by atoms with van der Waals surface area (Å²) in [6.07, 6.45) is 5.26. The molecule has 2 aromatic carbocycles. The largest absolute Gasteiger partial charge is 0.327 e. The predicted molar refractivity (Wildman–Crippen MR) is 155 cm³/mol. The lowest BCUT2D eigenvalue weighted by atomic mass is 9.92. The minimum absolute atomic E-state index is 0.000391. The quantitative estimate of drug-likeness (QED) is 0.234. The molecule has 0 aromatic heterocycles. The van der Waals surface area contributed by atoms with Gasteiger partial charge in [-0.3, -0.25) is 9.79 Å². The SMILES string of the molecule is CC.CC.CC/C(C=O)=C\C(=C(/C)c1ccc2c(c1)=CCN=2)c1ccc(C#N)c(F)c1.CNCC(C)N. The number of benzene rings is 2. The number of nitrogens with two attached hydrogens (primary N) is 1. The van der Waals surface area contributed by atoms with Crippen LogP contribution in [0.25, 0.3) is 17.2 Å². The molecule has 1 unspecified atom stereocenters.